The fourth-order valence-corrected chi connectivity index (χ4v) is 4.32. The van der Waals surface area contributed by atoms with E-state index in [1.807, 2.05) is 31.3 Å². The van der Waals surface area contributed by atoms with Crippen LogP contribution in [0.1, 0.15) is 19.4 Å². The van der Waals surface area contributed by atoms with E-state index in [9.17, 15) is 4.39 Å². The third-order valence-electron chi connectivity index (χ3n) is 6.21. The summed E-state index contributed by atoms with van der Waals surface area (Å²) in [5.74, 6) is -0.284. The number of allylic oxidation sites excluding steroid dienone is 3. The van der Waals surface area contributed by atoms with E-state index < -0.39 is 0 Å². The fourth-order valence-electron chi connectivity index (χ4n) is 4.32. The van der Waals surface area contributed by atoms with E-state index in [-0.39, 0.29) is 5.82 Å². The van der Waals surface area contributed by atoms with E-state index in [1.54, 1.807) is 24.5 Å². The van der Waals surface area contributed by atoms with Gasteiger partial charge in [-0.3, -0.25) is 10.1 Å². The molecule has 0 unspecified atom stereocenters. The van der Waals surface area contributed by atoms with Crippen LogP contribution in [-0.4, -0.2) is 38.2 Å². The van der Waals surface area contributed by atoms with Gasteiger partial charge < -0.3 is 10.3 Å². The first-order valence-corrected chi connectivity index (χ1v) is 11.9. The van der Waals surface area contributed by atoms with Crippen molar-refractivity contribution in [2.75, 3.05) is 13.1 Å². The minimum Gasteiger partial charge on any atom is -0.352 e. The Morgan fingerprint density at radius 1 is 1.11 bits per heavy atom. The van der Waals surface area contributed by atoms with Gasteiger partial charge in [-0.25, -0.2) is 9.37 Å². The van der Waals surface area contributed by atoms with Crippen LogP contribution in [0.4, 0.5) is 4.39 Å². The molecule has 0 spiro atoms. The summed E-state index contributed by atoms with van der Waals surface area (Å²) in [7, 11) is 0. The average Bonchev–Trinajstić information content (AvgIpc) is 3.53. The summed E-state index contributed by atoms with van der Waals surface area (Å²) >= 11 is 0. The number of rotatable bonds is 8. The molecule has 0 saturated heterocycles. The molecule has 180 valence electrons. The highest BCUT2D eigenvalue weighted by Gasteiger charge is 2.16. The van der Waals surface area contributed by atoms with Crippen LogP contribution in [0.15, 0.2) is 85.4 Å². The molecule has 6 nitrogen and oxygen atoms in total. The van der Waals surface area contributed by atoms with E-state index in [0.29, 0.717) is 11.2 Å². The van der Waals surface area contributed by atoms with Gasteiger partial charge in [-0.2, -0.15) is 5.10 Å². The minimum atomic E-state index is -0.284. The number of halogens is 1. The normalized spacial score (nSPS) is 12.5. The van der Waals surface area contributed by atoms with E-state index >= 15 is 0 Å². The van der Waals surface area contributed by atoms with Crippen LogP contribution in [0.25, 0.3) is 50.0 Å². The maximum absolute atomic E-state index is 14.5. The average molecular weight is 479 g/mol. The third-order valence-corrected chi connectivity index (χ3v) is 6.21. The topological polar surface area (TPSA) is 82.3 Å². The summed E-state index contributed by atoms with van der Waals surface area (Å²) in [6.07, 6.45) is 11.3. The van der Waals surface area contributed by atoms with E-state index in [0.717, 1.165) is 63.0 Å². The lowest BCUT2D eigenvalue weighted by molar-refractivity contribution is 0.631. The number of aromatic nitrogens is 5. The second kappa shape index (κ2) is 10.1. The monoisotopic (exact) mass is 478 g/mol. The Morgan fingerprint density at radius 3 is 2.75 bits per heavy atom. The number of likely N-dealkylation sites (N-methyl/N-ethyl adjacent to an activating group) is 1. The van der Waals surface area contributed by atoms with Gasteiger partial charge in [-0.15, -0.1) is 0 Å². The van der Waals surface area contributed by atoms with Crippen LogP contribution in [0.3, 0.4) is 0 Å². The molecule has 5 rings (SSSR count). The van der Waals surface area contributed by atoms with Gasteiger partial charge in [0, 0.05) is 46.4 Å². The molecule has 3 N–H and O–H groups in total. The predicted molar refractivity (Wildman–Crippen MR) is 145 cm³/mol. The molecule has 4 aromatic heterocycles. The summed E-state index contributed by atoms with van der Waals surface area (Å²) in [6, 6.07) is 10.8. The van der Waals surface area contributed by atoms with E-state index in [2.05, 4.69) is 62.2 Å². The molecule has 0 atom stereocenters. The van der Waals surface area contributed by atoms with Gasteiger partial charge in [0.25, 0.3) is 0 Å². The fraction of sp³-hybridized carbons (Fsp3) is 0.138. The molecule has 4 heterocycles. The summed E-state index contributed by atoms with van der Waals surface area (Å²) in [4.78, 5) is 12.3. The van der Waals surface area contributed by atoms with Crippen molar-refractivity contribution in [3.8, 4) is 22.5 Å². The number of nitrogens with zero attached hydrogens (tertiary/aromatic N) is 3. The quantitative estimate of drug-likeness (QED) is 0.224. The highest BCUT2D eigenvalue weighted by Crippen LogP contribution is 2.34. The van der Waals surface area contributed by atoms with Gasteiger partial charge >= 0.3 is 0 Å². The largest absolute Gasteiger partial charge is 0.352 e. The molecule has 0 aliphatic rings. The number of H-pyrrole nitrogens is 2. The van der Waals surface area contributed by atoms with Crippen molar-refractivity contribution in [3.05, 3.63) is 96.7 Å². The number of nitrogens with one attached hydrogen (secondary N) is 3. The molecule has 0 aliphatic heterocycles. The van der Waals surface area contributed by atoms with Crippen molar-refractivity contribution in [2.24, 2.45) is 0 Å². The minimum absolute atomic E-state index is 0.284. The second-order valence-electron chi connectivity index (χ2n) is 8.45. The highest BCUT2D eigenvalue weighted by molar-refractivity contribution is 6.00. The smallest absolute Gasteiger partial charge is 0.155 e. The number of hydrogen-bond acceptors (Lipinski definition) is 4. The summed E-state index contributed by atoms with van der Waals surface area (Å²) in [5.41, 5.74) is 7.41. The molecule has 0 amide bonds. The molecule has 0 fully saturated rings. The SMILES string of the molecule is C=C/C(=C\C(=C/C)c1cnc2[nH]nc(-c3cc4c(-c5ccccc5F)cncc4[nH]3)c2c1)CNCC. The van der Waals surface area contributed by atoms with E-state index in [1.165, 1.54) is 6.07 Å². The first-order valence-electron chi connectivity index (χ1n) is 11.9. The molecule has 0 bridgehead atoms. The molecule has 36 heavy (non-hydrogen) atoms. The number of aromatic amines is 2. The molecule has 1 aromatic carbocycles. The van der Waals surface area contributed by atoms with Crippen LogP contribution in [0.2, 0.25) is 0 Å². The molecule has 0 aliphatic carbocycles. The number of hydrogen-bond donors (Lipinski definition) is 3. The Balaban J connectivity index is 1.59. The van der Waals surface area contributed by atoms with Crippen molar-refractivity contribution in [1.29, 1.82) is 0 Å². The zero-order valence-corrected chi connectivity index (χ0v) is 20.3. The maximum Gasteiger partial charge on any atom is 0.155 e. The molecule has 7 heteroatoms. The van der Waals surface area contributed by atoms with Crippen LogP contribution in [0.5, 0.6) is 0 Å². The molecular weight excluding hydrogens is 451 g/mol. The zero-order chi connectivity index (χ0) is 25.1. The Morgan fingerprint density at radius 2 is 1.97 bits per heavy atom. The van der Waals surface area contributed by atoms with Gasteiger partial charge in [0.05, 0.1) is 17.4 Å². The summed E-state index contributed by atoms with van der Waals surface area (Å²) < 4.78 is 14.5. The van der Waals surface area contributed by atoms with Gasteiger partial charge in [0.15, 0.2) is 5.65 Å². The van der Waals surface area contributed by atoms with Crippen LogP contribution in [-0.2, 0) is 0 Å². The molecule has 0 radical (unpaired) electrons. The molecular formula is C29H27FN6. The third kappa shape index (κ3) is 4.36. The van der Waals surface area contributed by atoms with Crippen LogP contribution < -0.4 is 5.32 Å². The van der Waals surface area contributed by atoms with Crippen molar-refractivity contribution in [1.82, 2.24) is 30.5 Å². The Bertz CT molecular complexity index is 1620. The first-order chi connectivity index (χ1) is 17.6. The Labute approximate surface area is 208 Å². The number of benzene rings is 1. The maximum atomic E-state index is 14.5. The predicted octanol–water partition coefficient (Wildman–Crippen LogP) is 6.43. The van der Waals surface area contributed by atoms with Crippen molar-refractivity contribution < 1.29 is 4.39 Å². The van der Waals surface area contributed by atoms with Gasteiger partial charge in [0.2, 0.25) is 0 Å². The Hall–Kier alpha value is -4.36. The van der Waals surface area contributed by atoms with Crippen molar-refractivity contribution in [3.63, 3.8) is 0 Å². The van der Waals surface area contributed by atoms with E-state index in [4.69, 9.17) is 0 Å². The van der Waals surface area contributed by atoms with Gasteiger partial charge in [-0.1, -0.05) is 49.9 Å². The van der Waals surface area contributed by atoms with Gasteiger partial charge in [-0.05, 0) is 42.8 Å². The first kappa shape index (κ1) is 23.4. The van der Waals surface area contributed by atoms with Gasteiger partial charge in [0.1, 0.15) is 11.5 Å². The lowest BCUT2D eigenvalue weighted by Gasteiger charge is -2.07. The highest BCUT2D eigenvalue weighted by atomic mass is 19.1. The lowest BCUT2D eigenvalue weighted by Crippen LogP contribution is -2.15. The Kier molecular flexibility index (Phi) is 6.56. The van der Waals surface area contributed by atoms with Crippen LogP contribution >= 0.6 is 0 Å². The summed E-state index contributed by atoms with van der Waals surface area (Å²) in [5, 5.41) is 12.7. The number of fused-ring (bicyclic) bond motifs is 2. The number of pyridine rings is 2. The van der Waals surface area contributed by atoms with Crippen molar-refractivity contribution >= 4 is 27.5 Å². The molecule has 5 aromatic rings. The van der Waals surface area contributed by atoms with Crippen molar-refractivity contribution in [2.45, 2.75) is 13.8 Å². The summed E-state index contributed by atoms with van der Waals surface area (Å²) in [6.45, 7) is 9.67. The zero-order valence-electron chi connectivity index (χ0n) is 20.3. The lowest BCUT2D eigenvalue weighted by atomic mass is 10.0. The molecule has 0 saturated carbocycles. The standard InChI is InChI=1S/C29H27FN6/c1-4-18(14-31-6-3)11-19(5-2)20-12-23-28(35-36-29(23)33-15-20)26-13-22-24(16-32-17-27(22)34-26)21-9-7-8-10-25(21)30/h4-5,7-13,15-17,31,34H,1,6,14H2,2-3H3,(H,33,35,36)/b18-11+,19-5+. The van der Waals surface area contributed by atoms with Crippen LogP contribution in [0, 0.1) is 5.82 Å². The second-order valence-corrected chi connectivity index (χ2v) is 8.45.